The van der Waals surface area contributed by atoms with Gasteiger partial charge in [-0.15, -0.1) is 0 Å². The van der Waals surface area contributed by atoms with E-state index in [-0.39, 0.29) is 11.8 Å². The normalized spacial score (nSPS) is 10.3. The lowest BCUT2D eigenvalue weighted by Gasteiger charge is -2.15. The van der Waals surface area contributed by atoms with Crippen molar-refractivity contribution in [1.29, 1.82) is 0 Å². The lowest BCUT2D eigenvalue weighted by Crippen LogP contribution is -2.20. The zero-order valence-corrected chi connectivity index (χ0v) is 17.5. The number of carbonyl (C=O) groups excluding carboxylic acids is 2. The molecular formula is C21H21ClN6O2. The van der Waals surface area contributed by atoms with Crippen molar-refractivity contribution >= 4 is 46.4 Å². The molecule has 0 unspecified atom stereocenters. The van der Waals surface area contributed by atoms with Gasteiger partial charge in [0, 0.05) is 48.8 Å². The molecule has 3 rings (SSSR count). The van der Waals surface area contributed by atoms with Crippen LogP contribution in [-0.2, 0) is 0 Å². The van der Waals surface area contributed by atoms with Gasteiger partial charge in [0.05, 0.1) is 11.3 Å². The second-order valence-electron chi connectivity index (χ2n) is 6.41. The third-order valence-electron chi connectivity index (χ3n) is 4.34. The van der Waals surface area contributed by atoms with Crippen LogP contribution in [0.3, 0.4) is 0 Å². The van der Waals surface area contributed by atoms with Crippen LogP contribution in [0.4, 0.5) is 23.0 Å². The quantitative estimate of drug-likeness (QED) is 0.481. The first-order valence-corrected chi connectivity index (χ1v) is 9.49. The smallest absolute Gasteiger partial charge is 0.254 e. The minimum absolute atomic E-state index is 0.219. The Hall–Kier alpha value is -3.65. The van der Waals surface area contributed by atoms with Crippen molar-refractivity contribution in [2.24, 2.45) is 0 Å². The molecule has 0 aliphatic heterocycles. The third-order valence-corrected chi connectivity index (χ3v) is 4.57. The molecule has 0 atom stereocenters. The van der Waals surface area contributed by atoms with Crippen LogP contribution in [0.2, 0.25) is 5.02 Å². The Morgan fingerprint density at radius 3 is 2.30 bits per heavy atom. The highest BCUT2D eigenvalue weighted by Crippen LogP contribution is 2.28. The number of benzene rings is 1. The molecule has 30 heavy (non-hydrogen) atoms. The number of aromatic nitrogens is 2. The summed E-state index contributed by atoms with van der Waals surface area (Å²) in [7, 11) is 3.12. The predicted octanol–water partition coefficient (Wildman–Crippen LogP) is 3.64. The van der Waals surface area contributed by atoms with E-state index in [1.807, 2.05) is 19.1 Å². The number of amides is 2. The number of nitrogens with one attached hydrogen (secondary N) is 4. The summed E-state index contributed by atoms with van der Waals surface area (Å²) in [6.45, 7) is 1.92. The Kier molecular flexibility index (Phi) is 6.48. The van der Waals surface area contributed by atoms with Crippen molar-refractivity contribution in [2.45, 2.75) is 6.92 Å². The van der Waals surface area contributed by atoms with Gasteiger partial charge in [0.2, 0.25) is 0 Å². The van der Waals surface area contributed by atoms with Gasteiger partial charge >= 0.3 is 0 Å². The van der Waals surface area contributed by atoms with Crippen molar-refractivity contribution < 1.29 is 9.59 Å². The van der Waals surface area contributed by atoms with E-state index in [1.165, 1.54) is 12.4 Å². The van der Waals surface area contributed by atoms with Crippen LogP contribution in [0, 0.1) is 6.92 Å². The maximum absolute atomic E-state index is 12.3. The SMILES string of the molecule is CNC(=O)c1ccnc(Nc2cc(Nc3ccc(Cl)cc3C)c(C(=O)NC)cn2)c1. The van der Waals surface area contributed by atoms with Gasteiger partial charge < -0.3 is 21.3 Å². The second kappa shape index (κ2) is 9.23. The molecule has 1 aromatic carbocycles. The number of carbonyl (C=O) groups is 2. The average molecular weight is 425 g/mol. The number of halogens is 1. The zero-order chi connectivity index (χ0) is 21.7. The Labute approximate surface area is 179 Å². The molecule has 8 nitrogen and oxygen atoms in total. The van der Waals surface area contributed by atoms with E-state index in [9.17, 15) is 9.59 Å². The van der Waals surface area contributed by atoms with E-state index in [2.05, 4.69) is 31.2 Å². The molecule has 9 heteroatoms. The van der Waals surface area contributed by atoms with E-state index in [4.69, 9.17) is 11.6 Å². The summed E-state index contributed by atoms with van der Waals surface area (Å²) in [5, 5.41) is 12.1. The molecule has 0 aliphatic carbocycles. The molecule has 0 spiro atoms. The van der Waals surface area contributed by atoms with Crippen LogP contribution in [0.25, 0.3) is 0 Å². The standard InChI is InChI=1S/C21H21ClN6O2/c1-12-8-14(22)4-5-16(12)27-17-10-19(26-11-15(17)21(30)24-3)28-18-9-13(6-7-25-18)20(29)23-2/h4-11H,1-3H3,(H,23,29)(H,24,30)(H2,25,26,27,28). The molecule has 3 aromatic rings. The monoisotopic (exact) mass is 424 g/mol. The minimum atomic E-state index is -0.275. The largest absolute Gasteiger partial charge is 0.355 e. The summed E-state index contributed by atoms with van der Waals surface area (Å²) in [5.74, 6) is 0.412. The molecule has 0 saturated carbocycles. The maximum Gasteiger partial charge on any atom is 0.254 e. The molecule has 0 bridgehead atoms. The van der Waals surface area contributed by atoms with Gasteiger partial charge in [-0.25, -0.2) is 9.97 Å². The highest BCUT2D eigenvalue weighted by Gasteiger charge is 2.14. The van der Waals surface area contributed by atoms with Crippen LogP contribution in [-0.4, -0.2) is 35.9 Å². The van der Waals surface area contributed by atoms with Gasteiger partial charge in [0.1, 0.15) is 11.6 Å². The van der Waals surface area contributed by atoms with Gasteiger partial charge in [-0.2, -0.15) is 0 Å². The molecule has 0 aliphatic rings. The third kappa shape index (κ3) is 4.84. The van der Waals surface area contributed by atoms with E-state index < -0.39 is 0 Å². The van der Waals surface area contributed by atoms with Crippen molar-refractivity contribution in [2.75, 3.05) is 24.7 Å². The molecular weight excluding hydrogens is 404 g/mol. The lowest BCUT2D eigenvalue weighted by molar-refractivity contribution is 0.0955. The van der Waals surface area contributed by atoms with Gasteiger partial charge in [0.25, 0.3) is 11.8 Å². The summed E-state index contributed by atoms with van der Waals surface area (Å²) >= 11 is 6.04. The van der Waals surface area contributed by atoms with E-state index in [1.54, 1.807) is 38.4 Å². The molecule has 0 radical (unpaired) electrons. The highest BCUT2D eigenvalue weighted by molar-refractivity contribution is 6.30. The number of hydrogen-bond acceptors (Lipinski definition) is 6. The van der Waals surface area contributed by atoms with Gasteiger partial charge in [-0.1, -0.05) is 11.6 Å². The van der Waals surface area contributed by atoms with Gasteiger partial charge in [0.15, 0.2) is 0 Å². The maximum atomic E-state index is 12.3. The van der Waals surface area contributed by atoms with E-state index >= 15 is 0 Å². The first-order chi connectivity index (χ1) is 14.4. The molecule has 154 valence electrons. The number of rotatable bonds is 6. The summed E-state index contributed by atoms with van der Waals surface area (Å²) < 4.78 is 0. The Morgan fingerprint density at radius 2 is 1.60 bits per heavy atom. The van der Waals surface area contributed by atoms with E-state index in [0.717, 1.165) is 11.3 Å². The van der Waals surface area contributed by atoms with Crippen LogP contribution in [0.15, 0.2) is 48.8 Å². The zero-order valence-electron chi connectivity index (χ0n) is 16.7. The van der Waals surface area contributed by atoms with Crippen LogP contribution in [0.1, 0.15) is 26.3 Å². The number of pyridine rings is 2. The highest BCUT2D eigenvalue weighted by atomic mass is 35.5. The molecule has 2 heterocycles. The van der Waals surface area contributed by atoms with E-state index in [0.29, 0.717) is 33.5 Å². The van der Waals surface area contributed by atoms with Crippen molar-refractivity contribution in [3.63, 3.8) is 0 Å². The van der Waals surface area contributed by atoms with Gasteiger partial charge in [-0.05, 0) is 42.8 Å². The summed E-state index contributed by atoms with van der Waals surface area (Å²) in [4.78, 5) is 32.7. The Morgan fingerprint density at radius 1 is 0.867 bits per heavy atom. The van der Waals surface area contributed by atoms with Crippen molar-refractivity contribution in [3.05, 3.63) is 70.5 Å². The van der Waals surface area contributed by atoms with Crippen molar-refractivity contribution in [1.82, 2.24) is 20.6 Å². The van der Waals surface area contributed by atoms with Crippen LogP contribution < -0.4 is 21.3 Å². The molecule has 0 saturated heterocycles. The van der Waals surface area contributed by atoms with Gasteiger partial charge in [-0.3, -0.25) is 9.59 Å². The van der Waals surface area contributed by atoms with Crippen LogP contribution in [0.5, 0.6) is 0 Å². The predicted molar refractivity (Wildman–Crippen MR) is 118 cm³/mol. The fraction of sp³-hybridized carbons (Fsp3) is 0.143. The molecule has 2 amide bonds. The molecule has 4 N–H and O–H groups in total. The second-order valence-corrected chi connectivity index (χ2v) is 6.85. The fourth-order valence-electron chi connectivity index (χ4n) is 2.77. The molecule has 2 aromatic heterocycles. The fourth-order valence-corrected chi connectivity index (χ4v) is 3.00. The molecule has 0 fully saturated rings. The van der Waals surface area contributed by atoms with Crippen LogP contribution >= 0.6 is 11.6 Å². The Balaban J connectivity index is 1.94. The summed E-state index contributed by atoms with van der Waals surface area (Å²) in [6.07, 6.45) is 3.00. The lowest BCUT2D eigenvalue weighted by atomic mass is 10.1. The topological polar surface area (TPSA) is 108 Å². The Bertz CT molecular complexity index is 1100. The minimum Gasteiger partial charge on any atom is -0.355 e. The first-order valence-electron chi connectivity index (χ1n) is 9.11. The number of anilines is 4. The average Bonchev–Trinajstić information content (AvgIpc) is 2.75. The summed E-state index contributed by atoms with van der Waals surface area (Å²) in [5.41, 5.74) is 3.13. The van der Waals surface area contributed by atoms with Crippen molar-refractivity contribution in [3.8, 4) is 0 Å². The number of aryl methyl sites for hydroxylation is 1. The first kappa shape index (κ1) is 21.1. The number of nitrogens with zero attached hydrogens (tertiary/aromatic N) is 2. The number of hydrogen-bond donors (Lipinski definition) is 4. The summed E-state index contributed by atoms with van der Waals surface area (Å²) in [6, 6.07) is 10.4.